The Morgan fingerprint density at radius 2 is 1.87 bits per heavy atom. The summed E-state index contributed by atoms with van der Waals surface area (Å²) in [5.41, 5.74) is 3.06. The number of aryl methyl sites for hydroxylation is 2. The number of benzene rings is 2. The fraction of sp³-hybridized carbons (Fsp3) is 0.261. The van der Waals surface area contributed by atoms with Gasteiger partial charge in [-0.3, -0.25) is 9.29 Å². The molecule has 0 radical (unpaired) electrons. The van der Waals surface area contributed by atoms with E-state index in [2.05, 4.69) is 4.98 Å². The number of anilines is 1. The molecule has 1 atom stereocenters. The van der Waals surface area contributed by atoms with Gasteiger partial charge in [-0.05, 0) is 50.1 Å². The maximum atomic E-state index is 13.4. The SMILES string of the molecule is Cc1ccc(COc2cc(Cl)c(C)cc2N(C[C@H](C)O)S(=O)(=O)c2cccnc2)cc1. The topological polar surface area (TPSA) is 79.7 Å². The van der Waals surface area contributed by atoms with Crippen molar-refractivity contribution < 1.29 is 18.3 Å². The maximum Gasteiger partial charge on any atom is 0.266 e. The zero-order valence-corrected chi connectivity index (χ0v) is 19.2. The van der Waals surface area contributed by atoms with Crippen molar-refractivity contribution in [3.8, 4) is 5.75 Å². The Morgan fingerprint density at radius 3 is 2.48 bits per heavy atom. The van der Waals surface area contributed by atoms with Gasteiger partial charge in [0.2, 0.25) is 0 Å². The number of ether oxygens (including phenoxy) is 1. The third kappa shape index (κ3) is 5.55. The average molecular weight is 461 g/mol. The second kappa shape index (κ2) is 9.68. The van der Waals surface area contributed by atoms with E-state index in [-0.39, 0.29) is 18.0 Å². The van der Waals surface area contributed by atoms with Gasteiger partial charge in [0.15, 0.2) is 0 Å². The molecule has 1 aromatic heterocycles. The lowest BCUT2D eigenvalue weighted by molar-refractivity contribution is 0.204. The van der Waals surface area contributed by atoms with Crippen LogP contribution in [0.3, 0.4) is 0 Å². The Kier molecular flexibility index (Phi) is 7.20. The van der Waals surface area contributed by atoms with E-state index in [0.29, 0.717) is 22.0 Å². The summed E-state index contributed by atoms with van der Waals surface area (Å²) in [5.74, 6) is 0.310. The van der Waals surface area contributed by atoms with Gasteiger partial charge in [-0.15, -0.1) is 0 Å². The van der Waals surface area contributed by atoms with Crippen molar-refractivity contribution in [3.05, 3.63) is 82.6 Å². The summed E-state index contributed by atoms with van der Waals surface area (Å²) in [4.78, 5) is 3.94. The molecule has 0 unspecified atom stereocenters. The number of halogens is 1. The van der Waals surface area contributed by atoms with E-state index in [4.69, 9.17) is 16.3 Å². The first-order chi connectivity index (χ1) is 14.7. The number of nitrogens with zero attached hydrogens (tertiary/aromatic N) is 2. The van der Waals surface area contributed by atoms with E-state index in [9.17, 15) is 13.5 Å². The molecule has 164 valence electrons. The third-order valence-corrected chi connectivity index (χ3v) is 6.85. The summed E-state index contributed by atoms with van der Waals surface area (Å²) in [7, 11) is -4.00. The van der Waals surface area contributed by atoms with E-state index in [1.54, 1.807) is 25.1 Å². The smallest absolute Gasteiger partial charge is 0.266 e. The minimum atomic E-state index is -4.00. The third-order valence-electron chi connectivity index (χ3n) is 4.68. The second-order valence-corrected chi connectivity index (χ2v) is 9.69. The van der Waals surface area contributed by atoms with Gasteiger partial charge in [0.25, 0.3) is 10.0 Å². The van der Waals surface area contributed by atoms with Crippen LogP contribution < -0.4 is 9.04 Å². The number of hydrogen-bond acceptors (Lipinski definition) is 5. The highest BCUT2D eigenvalue weighted by atomic mass is 35.5. The molecule has 0 amide bonds. The van der Waals surface area contributed by atoms with Crippen molar-refractivity contribution in [2.24, 2.45) is 0 Å². The molecule has 31 heavy (non-hydrogen) atoms. The Labute approximate surface area is 188 Å². The number of rotatable bonds is 8. The molecular weight excluding hydrogens is 436 g/mol. The van der Waals surface area contributed by atoms with Crippen LogP contribution in [0, 0.1) is 13.8 Å². The molecular formula is C23H25ClN2O4S. The Bertz CT molecular complexity index is 1130. The van der Waals surface area contributed by atoms with Crippen molar-refractivity contribution in [1.82, 2.24) is 4.98 Å². The molecule has 3 rings (SSSR count). The molecule has 0 aliphatic rings. The zero-order valence-electron chi connectivity index (χ0n) is 17.6. The standard InChI is InChI=1S/C23H25ClN2O4S/c1-16-6-8-19(9-7-16)15-30-23-12-21(24)17(2)11-22(23)26(14-18(3)27)31(28,29)20-5-4-10-25-13-20/h4-13,18,27H,14-15H2,1-3H3/t18-/m0/s1. The largest absolute Gasteiger partial charge is 0.487 e. The van der Waals surface area contributed by atoms with E-state index >= 15 is 0 Å². The fourth-order valence-electron chi connectivity index (χ4n) is 3.00. The maximum absolute atomic E-state index is 13.4. The van der Waals surface area contributed by atoms with Crippen LogP contribution in [0.15, 0.2) is 65.8 Å². The van der Waals surface area contributed by atoms with Crippen LogP contribution >= 0.6 is 11.6 Å². The molecule has 3 aromatic rings. The summed E-state index contributed by atoms with van der Waals surface area (Å²) in [6.07, 6.45) is 1.87. The quantitative estimate of drug-likeness (QED) is 0.535. The van der Waals surface area contributed by atoms with E-state index in [1.165, 1.54) is 25.4 Å². The number of sulfonamides is 1. The summed E-state index contributed by atoms with van der Waals surface area (Å²) >= 11 is 6.32. The Balaban J connectivity index is 2.05. The molecule has 0 saturated heterocycles. The van der Waals surface area contributed by atoms with Crippen LogP contribution in [0.25, 0.3) is 0 Å². The lowest BCUT2D eigenvalue weighted by Crippen LogP contribution is -2.37. The predicted molar refractivity (Wildman–Crippen MR) is 122 cm³/mol. The monoisotopic (exact) mass is 460 g/mol. The highest BCUT2D eigenvalue weighted by Gasteiger charge is 2.29. The average Bonchev–Trinajstić information content (AvgIpc) is 2.74. The molecule has 8 heteroatoms. The molecule has 0 aliphatic carbocycles. The summed E-state index contributed by atoms with van der Waals surface area (Å²) in [5, 5.41) is 10.5. The summed E-state index contributed by atoms with van der Waals surface area (Å²) in [6, 6.07) is 14.1. The molecule has 0 fully saturated rings. The van der Waals surface area contributed by atoms with E-state index < -0.39 is 16.1 Å². The number of aromatic nitrogens is 1. The molecule has 0 saturated carbocycles. The number of aliphatic hydroxyl groups excluding tert-OH is 1. The summed E-state index contributed by atoms with van der Waals surface area (Å²) < 4.78 is 34.0. The second-order valence-electron chi connectivity index (χ2n) is 7.42. The van der Waals surface area contributed by atoms with Gasteiger partial charge >= 0.3 is 0 Å². The first-order valence-corrected chi connectivity index (χ1v) is 11.6. The minimum Gasteiger partial charge on any atom is -0.487 e. The van der Waals surface area contributed by atoms with Gasteiger partial charge in [-0.2, -0.15) is 0 Å². The van der Waals surface area contributed by atoms with Crippen LogP contribution in [0.2, 0.25) is 5.02 Å². The van der Waals surface area contributed by atoms with Gasteiger partial charge in [0.1, 0.15) is 17.3 Å². The lowest BCUT2D eigenvalue weighted by atomic mass is 10.1. The lowest BCUT2D eigenvalue weighted by Gasteiger charge is -2.28. The highest BCUT2D eigenvalue weighted by molar-refractivity contribution is 7.92. The number of pyridine rings is 1. The molecule has 2 aromatic carbocycles. The number of hydrogen-bond donors (Lipinski definition) is 1. The van der Waals surface area contributed by atoms with Crippen molar-refractivity contribution >= 4 is 27.3 Å². The first-order valence-electron chi connectivity index (χ1n) is 9.78. The van der Waals surface area contributed by atoms with Crippen LogP contribution in [0.5, 0.6) is 5.75 Å². The summed E-state index contributed by atoms with van der Waals surface area (Å²) in [6.45, 7) is 5.40. The van der Waals surface area contributed by atoms with Crippen molar-refractivity contribution in [2.45, 2.75) is 38.4 Å². The highest BCUT2D eigenvalue weighted by Crippen LogP contribution is 2.37. The van der Waals surface area contributed by atoms with Gasteiger partial charge in [-0.25, -0.2) is 8.42 Å². The minimum absolute atomic E-state index is 0.0211. The molecule has 1 N–H and O–H groups in total. The number of aliphatic hydroxyl groups is 1. The normalized spacial score (nSPS) is 12.4. The molecule has 0 aliphatic heterocycles. The predicted octanol–water partition coefficient (Wildman–Crippen LogP) is 4.51. The van der Waals surface area contributed by atoms with Crippen molar-refractivity contribution in [3.63, 3.8) is 0 Å². The van der Waals surface area contributed by atoms with E-state index in [1.807, 2.05) is 31.2 Å². The molecule has 6 nitrogen and oxygen atoms in total. The van der Waals surface area contributed by atoms with Crippen molar-refractivity contribution in [2.75, 3.05) is 10.8 Å². The Morgan fingerprint density at radius 1 is 1.16 bits per heavy atom. The van der Waals surface area contributed by atoms with Gasteiger partial charge < -0.3 is 9.84 Å². The first kappa shape index (κ1) is 23.1. The Hall–Kier alpha value is -2.61. The van der Waals surface area contributed by atoms with Gasteiger partial charge in [-0.1, -0.05) is 41.4 Å². The van der Waals surface area contributed by atoms with Gasteiger partial charge in [0, 0.05) is 23.5 Å². The van der Waals surface area contributed by atoms with Crippen LogP contribution in [-0.2, 0) is 16.6 Å². The zero-order chi connectivity index (χ0) is 22.6. The van der Waals surface area contributed by atoms with Gasteiger partial charge in [0.05, 0.1) is 18.3 Å². The van der Waals surface area contributed by atoms with Crippen LogP contribution in [0.4, 0.5) is 5.69 Å². The molecule has 0 bridgehead atoms. The van der Waals surface area contributed by atoms with Crippen molar-refractivity contribution in [1.29, 1.82) is 0 Å². The molecule has 0 spiro atoms. The molecule has 1 heterocycles. The van der Waals surface area contributed by atoms with Crippen LogP contribution in [0.1, 0.15) is 23.6 Å². The van der Waals surface area contributed by atoms with E-state index in [0.717, 1.165) is 15.4 Å². The fourth-order valence-corrected chi connectivity index (χ4v) is 4.66. The van der Waals surface area contributed by atoms with Crippen LogP contribution in [-0.4, -0.2) is 31.2 Å².